The first-order valence-corrected chi connectivity index (χ1v) is 14.4. The number of nitrogens with one attached hydrogen (secondary N) is 1. The Hall–Kier alpha value is -3.07. The van der Waals surface area contributed by atoms with Crippen molar-refractivity contribution in [2.24, 2.45) is 11.8 Å². The molecule has 3 heterocycles. The van der Waals surface area contributed by atoms with Crippen LogP contribution in [0, 0.1) is 11.8 Å². The molecule has 202 valence electrons. The first kappa shape index (κ1) is 25.2. The van der Waals surface area contributed by atoms with Gasteiger partial charge in [-0.2, -0.15) is 9.78 Å². The fourth-order valence-corrected chi connectivity index (χ4v) is 7.91. The second-order valence-electron chi connectivity index (χ2n) is 11.8. The maximum absolute atomic E-state index is 14.0. The molecule has 1 N–H and O–H groups in total. The third-order valence-corrected chi connectivity index (χ3v) is 9.39. The number of likely N-dealkylation sites (tertiary alicyclic amines) is 1. The Morgan fingerprint density at radius 2 is 1.68 bits per heavy atom. The maximum atomic E-state index is 14.0. The Bertz CT molecular complexity index is 1480. The van der Waals surface area contributed by atoms with Gasteiger partial charge in [-0.3, -0.25) is 19.5 Å². The monoisotopic (exact) mass is 518 g/mol. The Labute approximate surface area is 221 Å². The lowest BCUT2D eigenvalue weighted by Gasteiger charge is -2.51. The molecule has 9 nitrogen and oxygen atoms in total. The zero-order valence-corrected chi connectivity index (χ0v) is 22.4. The average molecular weight is 519 g/mol. The van der Waals surface area contributed by atoms with Gasteiger partial charge in [0.05, 0.1) is 11.0 Å². The standard InChI is InChI=1S/C29H38N6O3/c1-3-21-16-22(12-18(2)33(21)23-14-19-8-4-5-9-20(13-19)15-23)34-25-11-7-6-10-24(25)31-27(28(34)37)35-29(38)32-26(36)17-30-35/h6-7,10-11,17-23H,3-5,8-9,12-16H2,1-2H3,(H,32,36,38)/t18?,19-,20+,21-,22-,23?/m1/s1. The van der Waals surface area contributed by atoms with Gasteiger partial charge in [0.1, 0.15) is 6.20 Å². The molecular formula is C29H38N6O3. The molecule has 1 aliphatic heterocycles. The van der Waals surface area contributed by atoms with E-state index in [9.17, 15) is 14.4 Å². The summed E-state index contributed by atoms with van der Waals surface area (Å²) in [5.41, 5.74) is -0.335. The third-order valence-electron chi connectivity index (χ3n) is 9.39. The molecular weight excluding hydrogens is 480 g/mol. The zero-order valence-electron chi connectivity index (χ0n) is 22.4. The average Bonchev–Trinajstić information content (AvgIpc) is 3.07. The van der Waals surface area contributed by atoms with E-state index in [1.165, 1.54) is 44.9 Å². The van der Waals surface area contributed by atoms with Gasteiger partial charge in [-0.15, -0.1) is 0 Å². The summed E-state index contributed by atoms with van der Waals surface area (Å²) in [6.07, 6.45) is 13.4. The van der Waals surface area contributed by atoms with Crippen molar-refractivity contribution in [2.45, 2.75) is 102 Å². The number of hydrogen-bond donors (Lipinski definition) is 1. The second kappa shape index (κ2) is 10.2. The molecule has 9 heteroatoms. The van der Waals surface area contributed by atoms with Crippen LogP contribution in [0.4, 0.5) is 0 Å². The summed E-state index contributed by atoms with van der Waals surface area (Å²) in [7, 11) is 0. The van der Waals surface area contributed by atoms with Crippen molar-refractivity contribution in [1.82, 2.24) is 29.2 Å². The molecule has 38 heavy (non-hydrogen) atoms. The topological polar surface area (TPSA) is 106 Å². The van der Waals surface area contributed by atoms with Crippen LogP contribution in [0.25, 0.3) is 16.9 Å². The Morgan fingerprint density at radius 3 is 2.39 bits per heavy atom. The van der Waals surface area contributed by atoms with Crippen molar-refractivity contribution >= 4 is 11.0 Å². The molecule has 3 aromatic rings. The van der Waals surface area contributed by atoms with Crippen molar-refractivity contribution in [1.29, 1.82) is 0 Å². The lowest BCUT2D eigenvalue weighted by molar-refractivity contribution is -0.0106. The van der Waals surface area contributed by atoms with E-state index in [4.69, 9.17) is 0 Å². The largest absolute Gasteiger partial charge is 0.351 e. The van der Waals surface area contributed by atoms with Gasteiger partial charge in [-0.05, 0) is 69.4 Å². The smallest absolute Gasteiger partial charge is 0.300 e. The minimum absolute atomic E-state index is 0.0188. The second-order valence-corrected chi connectivity index (χ2v) is 11.8. The van der Waals surface area contributed by atoms with Crippen LogP contribution in [0.15, 0.2) is 44.8 Å². The van der Waals surface area contributed by atoms with Crippen LogP contribution in [0.2, 0.25) is 0 Å². The highest BCUT2D eigenvalue weighted by Crippen LogP contribution is 2.44. The van der Waals surface area contributed by atoms with Crippen LogP contribution >= 0.6 is 0 Å². The van der Waals surface area contributed by atoms with Crippen LogP contribution in [0.3, 0.4) is 0 Å². The predicted octanol–water partition coefficient (Wildman–Crippen LogP) is 3.79. The molecule has 0 radical (unpaired) electrons. The Balaban J connectivity index is 1.38. The van der Waals surface area contributed by atoms with Gasteiger partial charge in [0.2, 0.25) is 5.82 Å². The first-order valence-electron chi connectivity index (χ1n) is 14.4. The van der Waals surface area contributed by atoms with E-state index in [2.05, 4.69) is 33.8 Å². The van der Waals surface area contributed by atoms with Gasteiger partial charge in [0.25, 0.3) is 11.1 Å². The molecule has 1 saturated heterocycles. The third kappa shape index (κ3) is 4.55. The number of piperidine rings is 1. The molecule has 2 aromatic heterocycles. The lowest BCUT2D eigenvalue weighted by Crippen LogP contribution is -2.55. The van der Waals surface area contributed by atoms with Crippen molar-refractivity contribution in [2.75, 3.05) is 0 Å². The highest BCUT2D eigenvalue weighted by Gasteiger charge is 2.41. The van der Waals surface area contributed by atoms with Crippen molar-refractivity contribution in [3.05, 3.63) is 61.7 Å². The van der Waals surface area contributed by atoms with Gasteiger partial charge in [-0.1, -0.05) is 44.7 Å². The van der Waals surface area contributed by atoms with E-state index in [-0.39, 0.29) is 17.4 Å². The predicted molar refractivity (Wildman–Crippen MR) is 147 cm³/mol. The molecule has 1 aromatic carbocycles. The zero-order chi connectivity index (χ0) is 26.4. The summed E-state index contributed by atoms with van der Waals surface area (Å²) in [5.74, 6) is 1.65. The summed E-state index contributed by atoms with van der Waals surface area (Å²) in [5, 5.41) is 3.93. The van der Waals surface area contributed by atoms with E-state index in [1.54, 1.807) is 0 Å². The molecule has 6 rings (SSSR count). The van der Waals surface area contributed by atoms with E-state index in [0.717, 1.165) is 47.5 Å². The van der Waals surface area contributed by atoms with Crippen LogP contribution in [-0.2, 0) is 0 Å². The van der Waals surface area contributed by atoms with Crippen molar-refractivity contribution in [3.63, 3.8) is 0 Å². The SMILES string of the molecule is CC[C@@H]1C[C@H](n2c(=O)c(-n3ncc(=O)[nH]c3=O)nc3ccccc32)CC(C)N1C1C[C@H]2CCCC[C@@H](C1)C2. The maximum Gasteiger partial charge on any atom is 0.351 e. The fourth-order valence-electron chi connectivity index (χ4n) is 7.91. The summed E-state index contributed by atoms with van der Waals surface area (Å²) in [6.45, 7) is 4.60. The number of benzene rings is 1. The summed E-state index contributed by atoms with van der Waals surface area (Å²) >= 11 is 0. The molecule has 2 saturated carbocycles. The van der Waals surface area contributed by atoms with Gasteiger partial charge in [-0.25, -0.2) is 9.78 Å². The molecule has 2 bridgehead atoms. The number of aromatic nitrogens is 5. The number of fused-ring (bicyclic) bond motifs is 3. The van der Waals surface area contributed by atoms with Crippen molar-refractivity contribution in [3.8, 4) is 5.82 Å². The van der Waals surface area contributed by atoms with Gasteiger partial charge in [0, 0.05) is 24.2 Å². The normalized spacial score (nSPS) is 30.3. The first-order chi connectivity index (χ1) is 18.4. The number of rotatable bonds is 4. The molecule has 0 amide bonds. The number of para-hydroxylation sites is 2. The number of aromatic amines is 1. The quantitative estimate of drug-likeness (QED) is 0.563. The molecule has 2 aliphatic carbocycles. The van der Waals surface area contributed by atoms with Gasteiger partial charge < -0.3 is 4.57 Å². The van der Waals surface area contributed by atoms with Crippen LogP contribution in [0.1, 0.15) is 84.1 Å². The van der Waals surface area contributed by atoms with E-state index in [1.807, 2.05) is 28.8 Å². The fraction of sp³-hybridized carbons (Fsp3) is 0.621. The van der Waals surface area contributed by atoms with Crippen LogP contribution in [0.5, 0.6) is 0 Å². The minimum atomic E-state index is -0.766. The molecule has 2 unspecified atom stereocenters. The van der Waals surface area contributed by atoms with E-state index in [0.29, 0.717) is 23.6 Å². The number of H-pyrrole nitrogens is 1. The minimum Gasteiger partial charge on any atom is -0.300 e. The lowest BCUT2D eigenvalue weighted by atomic mass is 9.75. The van der Waals surface area contributed by atoms with Gasteiger partial charge in [0.15, 0.2) is 0 Å². The number of nitrogens with zero attached hydrogens (tertiary/aromatic N) is 5. The van der Waals surface area contributed by atoms with Crippen LogP contribution in [-0.4, -0.2) is 47.3 Å². The summed E-state index contributed by atoms with van der Waals surface area (Å²) in [6, 6.07) is 8.93. The molecule has 0 spiro atoms. The van der Waals surface area contributed by atoms with Gasteiger partial charge >= 0.3 is 5.69 Å². The molecule has 3 aliphatic rings. The van der Waals surface area contributed by atoms with Crippen LogP contribution < -0.4 is 16.8 Å². The highest BCUT2D eigenvalue weighted by atomic mass is 16.2. The molecule has 3 fully saturated rings. The summed E-state index contributed by atoms with van der Waals surface area (Å²) in [4.78, 5) is 47.6. The van der Waals surface area contributed by atoms with E-state index < -0.39 is 11.2 Å². The number of hydrogen-bond acceptors (Lipinski definition) is 6. The highest BCUT2D eigenvalue weighted by molar-refractivity contribution is 5.75. The molecule has 6 atom stereocenters. The van der Waals surface area contributed by atoms with E-state index >= 15 is 0 Å². The van der Waals surface area contributed by atoms with Crippen molar-refractivity contribution < 1.29 is 0 Å². The Kier molecular flexibility index (Phi) is 6.80. The Morgan fingerprint density at radius 1 is 0.947 bits per heavy atom. The summed E-state index contributed by atoms with van der Waals surface area (Å²) < 4.78 is 2.75.